The van der Waals surface area contributed by atoms with Crippen LogP contribution in [0.1, 0.15) is 12.5 Å². The van der Waals surface area contributed by atoms with Crippen LogP contribution in [-0.2, 0) is 14.3 Å². The van der Waals surface area contributed by atoms with Gasteiger partial charge in [0, 0.05) is 38.1 Å². The highest BCUT2D eigenvalue weighted by Gasteiger charge is 2.46. The molecular formula is C27H23ClN4O5S. The number of benzene rings is 2. The lowest BCUT2D eigenvalue weighted by Crippen LogP contribution is -2.60. The van der Waals surface area contributed by atoms with Crippen LogP contribution in [0.25, 0.3) is 15.7 Å². The molecule has 3 atom stereocenters. The SMILES string of the molecule is COc1ccc(Cl)c(C2=CC3NC(=O)N(c4cncc5ccc(N6C(=O)COC[C@@H]6C)cc45)C(=O)C3S2)c1. The zero-order chi connectivity index (χ0) is 26.6. The van der Waals surface area contributed by atoms with Crippen LogP contribution in [0.15, 0.2) is 54.9 Å². The Morgan fingerprint density at radius 3 is 2.79 bits per heavy atom. The molecular weight excluding hydrogens is 528 g/mol. The number of halogens is 1. The smallest absolute Gasteiger partial charge is 0.329 e. The van der Waals surface area contributed by atoms with E-state index in [0.29, 0.717) is 34.1 Å². The molecule has 3 aliphatic rings. The average Bonchev–Trinajstić information content (AvgIpc) is 3.33. The zero-order valence-electron chi connectivity index (χ0n) is 20.5. The predicted molar refractivity (Wildman–Crippen MR) is 147 cm³/mol. The van der Waals surface area contributed by atoms with Crippen LogP contribution in [0.5, 0.6) is 5.75 Å². The van der Waals surface area contributed by atoms with Gasteiger partial charge in [-0.1, -0.05) is 17.7 Å². The molecule has 1 aromatic heterocycles. The summed E-state index contributed by atoms with van der Waals surface area (Å²) in [4.78, 5) is 47.6. The number of fused-ring (bicyclic) bond motifs is 2. The third-order valence-corrected chi connectivity index (χ3v) is 8.53. The second kappa shape index (κ2) is 9.61. The molecule has 9 nitrogen and oxygen atoms in total. The number of nitrogens with one attached hydrogen (secondary N) is 1. The summed E-state index contributed by atoms with van der Waals surface area (Å²) in [7, 11) is 1.57. The Morgan fingerprint density at radius 2 is 2.00 bits per heavy atom. The molecule has 0 spiro atoms. The van der Waals surface area contributed by atoms with Crippen molar-refractivity contribution in [1.82, 2.24) is 10.3 Å². The average molecular weight is 551 g/mol. The van der Waals surface area contributed by atoms with Crippen molar-refractivity contribution >= 4 is 68.3 Å². The number of rotatable bonds is 4. The maximum Gasteiger partial charge on any atom is 0.329 e. The van der Waals surface area contributed by atoms with Gasteiger partial charge in [0.25, 0.3) is 11.8 Å². The number of ether oxygens (including phenoxy) is 2. The molecule has 0 saturated carbocycles. The number of urea groups is 1. The number of aromatic nitrogens is 1. The van der Waals surface area contributed by atoms with Gasteiger partial charge in [-0.15, -0.1) is 11.8 Å². The van der Waals surface area contributed by atoms with E-state index in [1.54, 1.807) is 30.3 Å². The molecule has 3 aromatic rings. The lowest BCUT2D eigenvalue weighted by Gasteiger charge is -2.34. The Kier molecular flexibility index (Phi) is 6.25. The number of morpholine rings is 1. The number of nitrogens with zero attached hydrogens (tertiary/aromatic N) is 3. The third kappa shape index (κ3) is 4.09. The summed E-state index contributed by atoms with van der Waals surface area (Å²) >= 11 is 7.80. The van der Waals surface area contributed by atoms with Gasteiger partial charge in [0.15, 0.2) is 0 Å². The number of thioether (sulfide) groups is 1. The minimum atomic E-state index is -0.579. The van der Waals surface area contributed by atoms with Gasteiger partial charge in [-0.05, 0) is 43.3 Å². The molecule has 11 heteroatoms. The van der Waals surface area contributed by atoms with E-state index in [1.807, 2.05) is 37.3 Å². The number of hydrogen-bond acceptors (Lipinski definition) is 7. The van der Waals surface area contributed by atoms with Crippen LogP contribution in [0, 0.1) is 0 Å². The maximum atomic E-state index is 13.8. The van der Waals surface area contributed by atoms with Gasteiger partial charge in [-0.2, -0.15) is 0 Å². The molecule has 194 valence electrons. The first-order valence-corrected chi connectivity index (χ1v) is 13.3. The number of imide groups is 1. The molecule has 2 unspecified atom stereocenters. The molecule has 0 aliphatic carbocycles. The fraction of sp³-hybridized carbons (Fsp3) is 0.259. The van der Waals surface area contributed by atoms with Gasteiger partial charge in [-0.25, -0.2) is 9.69 Å². The molecule has 2 aromatic carbocycles. The lowest BCUT2D eigenvalue weighted by atomic mass is 10.1. The standard InChI is InChI=1S/C27H23ClN4O5S/c1-14-12-37-13-24(33)31(14)16-4-3-15-10-29-11-22(18(15)7-16)32-26(34)25-21(30-27(32)35)9-23(38-25)19-8-17(36-2)5-6-20(19)28/h3-11,14,21,25H,12-13H2,1-2H3,(H,30,35)/t14-,21?,25?/m0/s1. The summed E-state index contributed by atoms with van der Waals surface area (Å²) in [5, 5.41) is 4.27. The number of hydrogen-bond donors (Lipinski definition) is 1. The van der Waals surface area contributed by atoms with Crippen LogP contribution in [-0.4, -0.2) is 60.5 Å². The first kappa shape index (κ1) is 24.7. The quantitative estimate of drug-likeness (QED) is 0.519. The molecule has 4 amide bonds. The molecule has 38 heavy (non-hydrogen) atoms. The van der Waals surface area contributed by atoms with E-state index in [0.717, 1.165) is 20.8 Å². The Balaban J connectivity index is 1.35. The highest BCUT2D eigenvalue weighted by molar-refractivity contribution is 8.09. The van der Waals surface area contributed by atoms with Crippen molar-refractivity contribution in [2.24, 2.45) is 0 Å². The van der Waals surface area contributed by atoms with Gasteiger partial charge in [0.2, 0.25) is 0 Å². The molecule has 2 fully saturated rings. The number of carbonyl (C=O) groups excluding carboxylic acids is 3. The summed E-state index contributed by atoms with van der Waals surface area (Å²) in [5.74, 6) is 0.138. The van der Waals surface area contributed by atoms with Crippen LogP contribution in [0.4, 0.5) is 16.2 Å². The van der Waals surface area contributed by atoms with Crippen LogP contribution in [0.3, 0.4) is 0 Å². The van der Waals surface area contributed by atoms with E-state index in [2.05, 4.69) is 10.3 Å². The first-order chi connectivity index (χ1) is 18.4. The summed E-state index contributed by atoms with van der Waals surface area (Å²) in [5.41, 5.74) is 1.76. The normalized spacial score (nSPS) is 23.4. The predicted octanol–water partition coefficient (Wildman–Crippen LogP) is 4.23. The number of anilines is 2. The van der Waals surface area contributed by atoms with E-state index in [4.69, 9.17) is 21.1 Å². The Hall–Kier alpha value is -3.60. The highest BCUT2D eigenvalue weighted by Crippen LogP contribution is 2.45. The first-order valence-electron chi connectivity index (χ1n) is 12.0. The van der Waals surface area contributed by atoms with Crippen LogP contribution >= 0.6 is 23.4 Å². The van der Waals surface area contributed by atoms with Gasteiger partial charge < -0.3 is 19.7 Å². The zero-order valence-corrected chi connectivity index (χ0v) is 22.1. The highest BCUT2D eigenvalue weighted by atomic mass is 35.5. The Bertz CT molecular complexity index is 1530. The fourth-order valence-electron chi connectivity index (χ4n) is 5.03. The number of amides is 4. The van der Waals surface area contributed by atoms with Crippen molar-refractivity contribution in [3.8, 4) is 5.75 Å². The van der Waals surface area contributed by atoms with Crippen molar-refractivity contribution in [1.29, 1.82) is 0 Å². The van der Waals surface area contributed by atoms with Crippen molar-refractivity contribution in [2.75, 3.05) is 30.1 Å². The summed E-state index contributed by atoms with van der Waals surface area (Å²) in [6, 6.07) is 9.63. The minimum Gasteiger partial charge on any atom is -0.497 e. The number of carbonyl (C=O) groups is 3. The van der Waals surface area contributed by atoms with Crippen molar-refractivity contribution in [3.63, 3.8) is 0 Å². The van der Waals surface area contributed by atoms with E-state index in [9.17, 15) is 14.4 Å². The van der Waals surface area contributed by atoms with Gasteiger partial charge in [-0.3, -0.25) is 14.6 Å². The summed E-state index contributed by atoms with van der Waals surface area (Å²) in [6.45, 7) is 2.34. The summed E-state index contributed by atoms with van der Waals surface area (Å²) < 4.78 is 10.7. The minimum absolute atomic E-state index is 0.00548. The summed E-state index contributed by atoms with van der Waals surface area (Å²) in [6.07, 6.45) is 5.02. The van der Waals surface area contributed by atoms with Crippen molar-refractivity contribution < 1.29 is 23.9 Å². The molecule has 4 heterocycles. The Labute approximate surface area is 227 Å². The molecule has 2 saturated heterocycles. The van der Waals surface area contributed by atoms with Crippen LogP contribution in [0.2, 0.25) is 5.02 Å². The second-order valence-electron chi connectivity index (χ2n) is 9.26. The Morgan fingerprint density at radius 1 is 1.16 bits per heavy atom. The van der Waals surface area contributed by atoms with Gasteiger partial charge in [0.05, 0.1) is 37.7 Å². The van der Waals surface area contributed by atoms with Crippen molar-refractivity contribution in [3.05, 3.63) is 65.5 Å². The lowest BCUT2D eigenvalue weighted by molar-refractivity contribution is -0.127. The van der Waals surface area contributed by atoms with Crippen molar-refractivity contribution in [2.45, 2.75) is 24.3 Å². The van der Waals surface area contributed by atoms with Crippen LogP contribution < -0.4 is 19.9 Å². The second-order valence-corrected chi connectivity index (χ2v) is 10.8. The monoisotopic (exact) mass is 550 g/mol. The topological polar surface area (TPSA) is 101 Å². The van der Waals surface area contributed by atoms with E-state index >= 15 is 0 Å². The molecule has 3 aliphatic heterocycles. The third-order valence-electron chi connectivity index (χ3n) is 6.84. The molecule has 6 rings (SSSR count). The molecule has 1 N–H and O–H groups in total. The number of methoxy groups -OCH3 is 1. The number of pyridine rings is 1. The molecule has 0 radical (unpaired) electrons. The van der Waals surface area contributed by atoms with Gasteiger partial charge in [0.1, 0.15) is 17.6 Å². The van der Waals surface area contributed by atoms with E-state index in [1.165, 1.54) is 18.0 Å². The molecule has 0 bridgehead atoms. The van der Waals surface area contributed by atoms with E-state index in [-0.39, 0.29) is 24.5 Å². The fourth-order valence-corrected chi connectivity index (χ4v) is 6.60. The largest absolute Gasteiger partial charge is 0.497 e. The van der Waals surface area contributed by atoms with E-state index < -0.39 is 17.3 Å². The van der Waals surface area contributed by atoms with Gasteiger partial charge >= 0.3 is 6.03 Å². The maximum absolute atomic E-state index is 13.8.